The van der Waals surface area contributed by atoms with E-state index < -0.39 is 17.2 Å². The van der Waals surface area contributed by atoms with Gasteiger partial charge in [-0.05, 0) is 53.9 Å². The molecule has 0 aromatic carbocycles. The molecular formula is C21H34N4O4. The summed E-state index contributed by atoms with van der Waals surface area (Å²) in [4.78, 5) is 23.6. The van der Waals surface area contributed by atoms with Crippen LogP contribution in [0.5, 0.6) is 0 Å². The van der Waals surface area contributed by atoms with Gasteiger partial charge in [-0.15, -0.1) is 0 Å². The van der Waals surface area contributed by atoms with Crippen molar-refractivity contribution in [2.45, 2.75) is 71.1 Å². The number of aliphatic hydroxyl groups is 1. The van der Waals surface area contributed by atoms with Crippen LogP contribution in [-0.2, 0) is 14.3 Å². The van der Waals surface area contributed by atoms with Crippen LogP contribution >= 0.6 is 0 Å². The molecule has 2 N–H and O–H groups in total. The minimum Gasteiger partial charge on any atom is -0.388 e. The molecule has 0 radical (unpaired) electrons. The second-order valence-corrected chi connectivity index (χ2v) is 8.46. The Kier molecular flexibility index (Phi) is 6.45. The highest BCUT2D eigenvalue weighted by molar-refractivity contribution is 5.78. The van der Waals surface area contributed by atoms with Crippen LogP contribution in [0.2, 0.25) is 0 Å². The van der Waals surface area contributed by atoms with Gasteiger partial charge in [-0.25, -0.2) is 9.97 Å². The number of rotatable bonds is 5. The van der Waals surface area contributed by atoms with Gasteiger partial charge in [0.05, 0.1) is 11.1 Å². The molecule has 2 saturated heterocycles. The van der Waals surface area contributed by atoms with Crippen molar-refractivity contribution in [1.82, 2.24) is 15.3 Å². The Morgan fingerprint density at radius 2 is 1.97 bits per heavy atom. The molecule has 2 atom stereocenters. The minimum absolute atomic E-state index is 0.00609. The highest BCUT2D eigenvalue weighted by Gasteiger charge is 2.54. The van der Waals surface area contributed by atoms with Gasteiger partial charge in [-0.2, -0.15) is 0 Å². The Hall–Kier alpha value is -1.77. The van der Waals surface area contributed by atoms with Crippen LogP contribution in [0.25, 0.3) is 0 Å². The lowest BCUT2D eigenvalue weighted by Gasteiger charge is -2.53. The Morgan fingerprint density at radius 3 is 2.62 bits per heavy atom. The Bertz CT molecular complexity index is 748. The van der Waals surface area contributed by atoms with E-state index in [2.05, 4.69) is 20.2 Å². The first-order valence-corrected chi connectivity index (χ1v) is 10.5. The average Bonchev–Trinajstić information content (AvgIpc) is 2.68. The summed E-state index contributed by atoms with van der Waals surface area (Å²) in [6.45, 7) is 12.2. The molecule has 1 aromatic heterocycles. The zero-order valence-corrected chi connectivity index (χ0v) is 18.2. The molecule has 0 bridgehead atoms. The minimum atomic E-state index is -0.786. The summed E-state index contributed by atoms with van der Waals surface area (Å²) in [5, 5.41) is 14.2. The molecule has 1 spiro atoms. The molecule has 1 aromatic rings. The van der Waals surface area contributed by atoms with Crippen molar-refractivity contribution in [1.29, 1.82) is 0 Å². The smallest absolute Gasteiger partial charge is 0.246 e. The number of amides is 1. The Labute approximate surface area is 173 Å². The van der Waals surface area contributed by atoms with E-state index >= 15 is 0 Å². The number of carbonyl (C=O) groups excluding carboxylic acids is 1. The molecule has 0 saturated carbocycles. The van der Waals surface area contributed by atoms with E-state index in [1.54, 1.807) is 0 Å². The van der Waals surface area contributed by atoms with Gasteiger partial charge in [0.2, 0.25) is 5.91 Å². The van der Waals surface area contributed by atoms with E-state index in [0.717, 1.165) is 36.0 Å². The third-order valence-corrected chi connectivity index (χ3v) is 6.36. The largest absolute Gasteiger partial charge is 0.388 e. The molecule has 3 heterocycles. The van der Waals surface area contributed by atoms with Gasteiger partial charge >= 0.3 is 0 Å². The molecule has 2 aliphatic rings. The molecule has 1 amide bonds. The lowest BCUT2D eigenvalue weighted by molar-refractivity contribution is -0.198. The predicted molar refractivity (Wildman–Crippen MR) is 110 cm³/mol. The number of aromatic nitrogens is 2. The number of carbonyl (C=O) groups is 1. The number of anilines is 1. The summed E-state index contributed by atoms with van der Waals surface area (Å²) in [6, 6.07) is 0. The first kappa shape index (κ1) is 21.9. The van der Waals surface area contributed by atoms with Crippen LogP contribution in [-0.4, -0.2) is 71.1 Å². The van der Waals surface area contributed by atoms with Gasteiger partial charge in [-0.3, -0.25) is 4.79 Å². The molecule has 3 rings (SSSR count). The first-order valence-electron chi connectivity index (χ1n) is 10.5. The fourth-order valence-corrected chi connectivity index (χ4v) is 4.52. The predicted octanol–water partition coefficient (Wildman–Crippen LogP) is 1.43. The van der Waals surface area contributed by atoms with Gasteiger partial charge in [0.25, 0.3) is 0 Å². The lowest BCUT2D eigenvalue weighted by atomic mass is 9.73. The van der Waals surface area contributed by atoms with E-state index in [4.69, 9.17) is 9.47 Å². The molecule has 2 aliphatic heterocycles. The Morgan fingerprint density at radius 1 is 1.28 bits per heavy atom. The average molecular weight is 407 g/mol. The van der Waals surface area contributed by atoms with E-state index in [-0.39, 0.29) is 12.5 Å². The van der Waals surface area contributed by atoms with Crippen molar-refractivity contribution in [2.75, 3.05) is 37.8 Å². The van der Waals surface area contributed by atoms with Gasteiger partial charge in [0.15, 0.2) is 0 Å². The number of nitrogens with one attached hydrogen (secondary N) is 1. The van der Waals surface area contributed by atoms with E-state index in [0.29, 0.717) is 32.5 Å². The quantitative estimate of drug-likeness (QED) is 0.764. The van der Waals surface area contributed by atoms with Crippen molar-refractivity contribution < 1.29 is 19.4 Å². The summed E-state index contributed by atoms with van der Waals surface area (Å²) in [5.41, 5.74) is 0.691. The number of aryl methyl sites for hydroxylation is 2. The maximum atomic E-state index is 12.2. The summed E-state index contributed by atoms with van der Waals surface area (Å²) >= 11 is 0. The van der Waals surface area contributed by atoms with Crippen LogP contribution in [0.3, 0.4) is 0 Å². The zero-order chi connectivity index (χ0) is 21.2. The molecular weight excluding hydrogens is 372 g/mol. The lowest BCUT2D eigenvalue weighted by Crippen LogP contribution is -2.69. The van der Waals surface area contributed by atoms with E-state index in [9.17, 15) is 9.90 Å². The highest BCUT2D eigenvalue weighted by Crippen LogP contribution is 2.41. The fraction of sp³-hybridized carbons (Fsp3) is 0.762. The van der Waals surface area contributed by atoms with Gasteiger partial charge in [0.1, 0.15) is 24.4 Å². The van der Waals surface area contributed by atoms with Gasteiger partial charge < -0.3 is 24.8 Å². The number of aliphatic hydroxyl groups excluding tert-OH is 1. The van der Waals surface area contributed by atoms with Crippen LogP contribution < -0.4 is 10.2 Å². The van der Waals surface area contributed by atoms with Crippen molar-refractivity contribution >= 4 is 11.7 Å². The number of hydrogen-bond donors (Lipinski definition) is 2. The summed E-state index contributed by atoms with van der Waals surface area (Å²) in [7, 11) is 0. The standard InChI is InChI=1S/C21H34N4O4/c1-6-28-13-17(26)24-20(5)9-12-29-21(19(20)27)7-10-25(11-8-21)18-14(2)15(3)22-16(4)23-18/h19,27H,6-13H2,1-5H3,(H,24,26)/t19-,20+/m1/s1. The van der Waals surface area contributed by atoms with Crippen LogP contribution in [0, 0.1) is 20.8 Å². The highest BCUT2D eigenvalue weighted by atomic mass is 16.5. The molecule has 0 unspecified atom stereocenters. The summed E-state index contributed by atoms with van der Waals surface area (Å²) in [6.07, 6.45) is 1.13. The maximum Gasteiger partial charge on any atom is 0.246 e. The van der Waals surface area contributed by atoms with Crippen molar-refractivity contribution in [3.8, 4) is 0 Å². The van der Waals surface area contributed by atoms with E-state index in [1.165, 1.54) is 0 Å². The second kappa shape index (κ2) is 8.53. The monoisotopic (exact) mass is 406 g/mol. The normalized spacial score (nSPS) is 26.6. The van der Waals surface area contributed by atoms with Crippen LogP contribution in [0.4, 0.5) is 5.82 Å². The van der Waals surface area contributed by atoms with E-state index in [1.807, 2.05) is 34.6 Å². The number of hydrogen-bond acceptors (Lipinski definition) is 7. The number of piperidine rings is 1. The molecule has 162 valence electrons. The van der Waals surface area contributed by atoms with Crippen molar-refractivity contribution in [3.05, 3.63) is 17.1 Å². The SMILES string of the molecule is CCOCC(=O)N[C@@]1(C)CCOC2(CCN(c3nc(C)nc(C)c3C)CC2)[C@@H]1O. The third kappa shape index (κ3) is 4.39. The topological polar surface area (TPSA) is 96.8 Å². The molecule has 8 heteroatoms. The fourth-order valence-electron chi connectivity index (χ4n) is 4.52. The van der Waals surface area contributed by atoms with Crippen LogP contribution in [0.1, 0.15) is 50.2 Å². The van der Waals surface area contributed by atoms with Crippen molar-refractivity contribution in [3.63, 3.8) is 0 Å². The molecule has 2 fully saturated rings. The zero-order valence-electron chi connectivity index (χ0n) is 18.2. The summed E-state index contributed by atoms with van der Waals surface area (Å²) < 4.78 is 11.4. The second-order valence-electron chi connectivity index (χ2n) is 8.46. The number of nitrogens with zero attached hydrogens (tertiary/aromatic N) is 3. The molecule has 8 nitrogen and oxygen atoms in total. The van der Waals surface area contributed by atoms with Crippen molar-refractivity contribution in [2.24, 2.45) is 0 Å². The first-order chi connectivity index (χ1) is 13.7. The third-order valence-electron chi connectivity index (χ3n) is 6.36. The van der Waals surface area contributed by atoms with Crippen LogP contribution in [0.15, 0.2) is 0 Å². The molecule has 0 aliphatic carbocycles. The summed E-state index contributed by atoms with van der Waals surface area (Å²) in [5.74, 6) is 1.52. The van der Waals surface area contributed by atoms with Gasteiger partial charge in [-0.1, -0.05) is 0 Å². The Balaban J connectivity index is 1.71. The van der Waals surface area contributed by atoms with Gasteiger partial charge in [0, 0.05) is 37.6 Å². The maximum absolute atomic E-state index is 12.2. The number of ether oxygens (including phenoxy) is 2. The molecule has 29 heavy (non-hydrogen) atoms.